The van der Waals surface area contributed by atoms with Crippen molar-refractivity contribution in [2.24, 2.45) is 39.4 Å². The molecule has 0 aromatic carbocycles. The van der Waals surface area contributed by atoms with Gasteiger partial charge < -0.3 is 14.9 Å². The van der Waals surface area contributed by atoms with Gasteiger partial charge in [0.1, 0.15) is 28.9 Å². The monoisotopic (exact) mass is 556 g/mol. The first-order chi connectivity index (χ1) is 18.1. The maximum Gasteiger partial charge on any atom is 0.303 e. The average molecular weight is 557 g/mol. The third-order valence-corrected chi connectivity index (χ3v) is 11.3. The second-order valence-electron chi connectivity index (χ2n) is 14.6. The Morgan fingerprint density at radius 2 is 1.62 bits per heavy atom. The van der Waals surface area contributed by atoms with E-state index in [0.717, 1.165) is 11.6 Å². The molecule has 8 nitrogen and oxygen atoms in total. The molecule has 0 amide bonds. The van der Waals surface area contributed by atoms with E-state index in [1.54, 1.807) is 27.7 Å². The van der Waals surface area contributed by atoms with Crippen LogP contribution in [0.25, 0.3) is 0 Å². The van der Waals surface area contributed by atoms with E-state index in [4.69, 9.17) is 4.74 Å². The number of ether oxygens (including phenoxy) is 1. The van der Waals surface area contributed by atoms with Gasteiger partial charge in [0.2, 0.25) is 0 Å². The highest BCUT2D eigenvalue weighted by molar-refractivity contribution is 6.03. The van der Waals surface area contributed by atoms with E-state index in [-0.39, 0.29) is 48.4 Å². The summed E-state index contributed by atoms with van der Waals surface area (Å²) in [5.41, 5.74) is -5.83. The zero-order chi connectivity index (χ0) is 30.4. The molecule has 8 atom stereocenters. The Balaban J connectivity index is 1.75. The van der Waals surface area contributed by atoms with Gasteiger partial charge >= 0.3 is 5.97 Å². The topological polar surface area (TPSA) is 135 Å². The maximum atomic E-state index is 14.3. The van der Waals surface area contributed by atoms with E-state index in [1.807, 2.05) is 26.8 Å². The van der Waals surface area contributed by atoms with Crippen LogP contribution in [0.5, 0.6) is 0 Å². The average Bonchev–Trinajstić information content (AvgIpc) is 3.01. The molecule has 0 unspecified atom stereocenters. The molecule has 40 heavy (non-hydrogen) atoms. The molecule has 0 aliphatic heterocycles. The highest BCUT2D eigenvalue weighted by Gasteiger charge is 2.74. The molecule has 0 radical (unpaired) electrons. The number of rotatable bonds is 5. The van der Waals surface area contributed by atoms with Gasteiger partial charge in [0, 0.05) is 30.6 Å². The number of carbonyl (C=O) groups excluding carboxylic acids is 5. The SMILES string of the molecule is CC(=O)OC(C)(C)/C=C/C(=O)[C@](C)(O)[C@H]1C(=O)C[C@@]2(C)[C@@H]3CC=C4[C@@H](C[C@H](O)C(=O)C4(C)C)[C@]3(C)C(=O)C[C@]12C. The molecule has 220 valence electrons. The molecule has 0 aromatic heterocycles. The molecular formula is C32H44O8. The van der Waals surface area contributed by atoms with Crippen molar-refractivity contribution < 1.29 is 38.9 Å². The zero-order valence-electron chi connectivity index (χ0n) is 25.2. The molecule has 4 rings (SSSR count). The molecule has 0 bridgehead atoms. The van der Waals surface area contributed by atoms with Crippen LogP contribution in [0.3, 0.4) is 0 Å². The van der Waals surface area contributed by atoms with Crippen LogP contribution in [0.1, 0.15) is 88.0 Å². The van der Waals surface area contributed by atoms with Crippen LogP contribution in [-0.4, -0.2) is 56.6 Å². The third kappa shape index (κ3) is 4.04. The normalized spacial score (nSPS) is 40.6. The quantitative estimate of drug-likeness (QED) is 0.297. The lowest BCUT2D eigenvalue weighted by Crippen LogP contribution is -2.65. The fraction of sp³-hybridized carbons (Fsp3) is 0.719. The fourth-order valence-corrected chi connectivity index (χ4v) is 9.09. The molecular weight excluding hydrogens is 512 g/mol. The van der Waals surface area contributed by atoms with E-state index in [0.29, 0.717) is 6.42 Å². The first-order valence-electron chi connectivity index (χ1n) is 14.2. The second kappa shape index (κ2) is 9.02. The van der Waals surface area contributed by atoms with Gasteiger partial charge in [-0.15, -0.1) is 0 Å². The molecule has 3 fully saturated rings. The van der Waals surface area contributed by atoms with Crippen LogP contribution in [0, 0.1) is 39.4 Å². The summed E-state index contributed by atoms with van der Waals surface area (Å²) in [6.07, 6.45) is 4.16. The summed E-state index contributed by atoms with van der Waals surface area (Å²) in [6, 6.07) is 0. The minimum Gasteiger partial charge on any atom is -0.456 e. The standard InChI is InChI=1S/C32H44O8/c1-17(33)40-27(2,3)13-12-23(36)32(9,39)25-21(35)15-29(6)22-11-10-18-19(14-20(34)26(38)28(18,4)5)31(22,8)24(37)16-30(25,29)7/h10,12-13,19-20,22,25,34,39H,11,14-16H2,1-9H3/b13-12+/t19-,20+,22+,25+,29+,30-,31+,32+/m1/s1. The molecule has 0 heterocycles. The van der Waals surface area contributed by atoms with Gasteiger partial charge in [-0.3, -0.25) is 24.0 Å². The van der Waals surface area contributed by atoms with Crippen molar-refractivity contribution in [3.63, 3.8) is 0 Å². The van der Waals surface area contributed by atoms with E-state index < -0.39 is 56.6 Å². The van der Waals surface area contributed by atoms with Crippen molar-refractivity contribution in [3.05, 3.63) is 23.8 Å². The second-order valence-corrected chi connectivity index (χ2v) is 14.6. The number of hydrogen-bond acceptors (Lipinski definition) is 8. The van der Waals surface area contributed by atoms with Gasteiger partial charge in [0.25, 0.3) is 0 Å². The van der Waals surface area contributed by atoms with Crippen molar-refractivity contribution >= 4 is 29.1 Å². The maximum absolute atomic E-state index is 14.3. The van der Waals surface area contributed by atoms with Crippen LogP contribution in [0.15, 0.2) is 23.8 Å². The molecule has 0 saturated heterocycles. The number of aliphatic hydroxyl groups excluding tert-OH is 1. The smallest absolute Gasteiger partial charge is 0.303 e. The summed E-state index contributed by atoms with van der Waals surface area (Å²) in [6.45, 7) is 15.2. The molecule has 4 aliphatic carbocycles. The van der Waals surface area contributed by atoms with E-state index in [1.165, 1.54) is 19.9 Å². The van der Waals surface area contributed by atoms with E-state index in [2.05, 4.69) is 0 Å². The Labute approximate surface area is 236 Å². The minimum absolute atomic E-state index is 0.00670. The van der Waals surface area contributed by atoms with Crippen molar-refractivity contribution in [3.8, 4) is 0 Å². The Hall–Kier alpha value is -2.45. The van der Waals surface area contributed by atoms with Gasteiger partial charge in [-0.1, -0.05) is 32.4 Å². The van der Waals surface area contributed by atoms with Crippen LogP contribution < -0.4 is 0 Å². The number of aliphatic hydroxyl groups is 2. The summed E-state index contributed by atoms with van der Waals surface area (Å²) in [5, 5.41) is 22.4. The van der Waals surface area contributed by atoms with Gasteiger partial charge in [-0.05, 0) is 82.3 Å². The van der Waals surface area contributed by atoms with Gasteiger partial charge in [0.05, 0.1) is 5.92 Å². The lowest BCUT2D eigenvalue weighted by atomic mass is 9.38. The molecule has 3 saturated carbocycles. The lowest BCUT2D eigenvalue weighted by Gasteiger charge is -2.64. The van der Waals surface area contributed by atoms with Crippen LogP contribution in [0.2, 0.25) is 0 Å². The first-order valence-corrected chi connectivity index (χ1v) is 14.2. The number of allylic oxidation sites excluding steroid dienone is 2. The van der Waals surface area contributed by atoms with Crippen molar-refractivity contribution in [1.82, 2.24) is 0 Å². The number of fused-ring (bicyclic) bond motifs is 5. The fourth-order valence-electron chi connectivity index (χ4n) is 9.09. The number of carbonyl (C=O) groups is 5. The highest BCUT2D eigenvalue weighted by atomic mass is 16.6. The molecule has 0 spiro atoms. The summed E-state index contributed by atoms with van der Waals surface area (Å²) in [5.74, 6) is -3.53. The molecule has 0 aromatic rings. The summed E-state index contributed by atoms with van der Waals surface area (Å²) in [4.78, 5) is 65.8. The summed E-state index contributed by atoms with van der Waals surface area (Å²) >= 11 is 0. The van der Waals surface area contributed by atoms with E-state index >= 15 is 0 Å². The predicted octanol–water partition coefficient (Wildman–Crippen LogP) is 3.71. The minimum atomic E-state index is -2.09. The van der Waals surface area contributed by atoms with Gasteiger partial charge in [0.15, 0.2) is 11.6 Å². The zero-order valence-corrected chi connectivity index (χ0v) is 25.2. The Bertz CT molecular complexity index is 1250. The van der Waals surface area contributed by atoms with Crippen LogP contribution in [0.4, 0.5) is 0 Å². The number of ketones is 4. The molecule has 8 heteroatoms. The molecule has 2 N–H and O–H groups in total. The van der Waals surface area contributed by atoms with Crippen LogP contribution >= 0.6 is 0 Å². The number of esters is 1. The van der Waals surface area contributed by atoms with Crippen molar-refractivity contribution in [1.29, 1.82) is 0 Å². The van der Waals surface area contributed by atoms with Crippen LogP contribution in [-0.2, 0) is 28.7 Å². The first kappa shape index (κ1) is 30.5. The number of Topliss-reactive ketones (excluding diaryl/α,β-unsaturated/α-hetero) is 3. The number of hydrogen-bond donors (Lipinski definition) is 2. The third-order valence-electron chi connectivity index (χ3n) is 11.3. The molecule has 4 aliphatic rings. The summed E-state index contributed by atoms with van der Waals surface area (Å²) in [7, 11) is 0. The van der Waals surface area contributed by atoms with Crippen molar-refractivity contribution in [2.75, 3.05) is 0 Å². The predicted molar refractivity (Wildman–Crippen MR) is 147 cm³/mol. The largest absolute Gasteiger partial charge is 0.456 e. The van der Waals surface area contributed by atoms with Crippen molar-refractivity contribution in [2.45, 2.75) is 105 Å². The van der Waals surface area contributed by atoms with Gasteiger partial charge in [-0.25, -0.2) is 0 Å². The summed E-state index contributed by atoms with van der Waals surface area (Å²) < 4.78 is 5.21. The lowest BCUT2D eigenvalue weighted by molar-refractivity contribution is -0.182. The Morgan fingerprint density at radius 1 is 1.02 bits per heavy atom. The van der Waals surface area contributed by atoms with Gasteiger partial charge in [-0.2, -0.15) is 0 Å². The Morgan fingerprint density at radius 3 is 2.20 bits per heavy atom. The van der Waals surface area contributed by atoms with E-state index in [9.17, 15) is 34.2 Å². The highest BCUT2D eigenvalue weighted by Crippen LogP contribution is 2.73. The Kier molecular flexibility index (Phi) is 6.88.